The number of hydrogen-bond acceptors (Lipinski definition) is 1. The van der Waals surface area contributed by atoms with Crippen molar-refractivity contribution >= 4 is 5.97 Å². The summed E-state index contributed by atoms with van der Waals surface area (Å²) in [6.45, 7) is 2.25. The van der Waals surface area contributed by atoms with Crippen LogP contribution in [0.1, 0.15) is 84.0 Å². The lowest BCUT2D eigenvalue weighted by Gasteiger charge is -1.96. The molecular formula is C18H32O2. The van der Waals surface area contributed by atoms with Gasteiger partial charge in [-0.15, -0.1) is 0 Å². The lowest BCUT2D eigenvalue weighted by atomic mass is 10.1. The summed E-state index contributed by atoms with van der Waals surface area (Å²) in [5.74, 6) is -0.686. The second-order valence-corrected chi connectivity index (χ2v) is 5.36. The zero-order valence-corrected chi connectivity index (χ0v) is 13.2. The first-order chi connectivity index (χ1) is 9.77. The maximum atomic E-state index is 10.3. The molecule has 0 saturated carbocycles. The molecule has 0 spiro atoms. The molecule has 0 aromatic carbocycles. The zero-order chi connectivity index (χ0) is 14.9. The van der Waals surface area contributed by atoms with Crippen molar-refractivity contribution in [1.82, 2.24) is 0 Å². The van der Waals surface area contributed by atoms with Crippen LogP contribution in [0.3, 0.4) is 0 Å². The van der Waals surface area contributed by atoms with Crippen molar-refractivity contribution in [3.05, 3.63) is 24.3 Å². The van der Waals surface area contributed by atoms with E-state index in [9.17, 15) is 4.79 Å². The molecule has 0 bridgehead atoms. The third-order valence-corrected chi connectivity index (χ3v) is 3.32. The molecule has 0 aliphatic rings. The Morgan fingerprint density at radius 1 is 0.750 bits per heavy atom. The molecule has 0 saturated heterocycles. The number of rotatable bonds is 14. The summed E-state index contributed by atoms with van der Waals surface area (Å²) in [4.78, 5) is 10.3. The van der Waals surface area contributed by atoms with Gasteiger partial charge in [-0.05, 0) is 44.9 Å². The van der Waals surface area contributed by atoms with Gasteiger partial charge in [0.05, 0.1) is 0 Å². The van der Waals surface area contributed by atoms with Gasteiger partial charge in [-0.2, -0.15) is 0 Å². The molecule has 0 atom stereocenters. The Labute approximate surface area is 125 Å². The van der Waals surface area contributed by atoms with Crippen LogP contribution in [0.15, 0.2) is 24.3 Å². The molecule has 0 fully saturated rings. The molecule has 0 aliphatic heterocycles. The third-order valence-electron chi connectivity index (χ3n) is 3.32. The fraction of sp³-hybridized carbons (Fsp3) is 0.722. The maximum absolute atomic E-state index is 10.3. The Bertz CT molecular complexity index is 267. The van der Waals surface area contributed by atoms with Crippen molar-refractivity contribution in [2.45, 2.75) is 84.0 Å². The van der Waals surface area contributed by atoms with Crippen LogP contribution in [0.4, 0.5) is 0 Å². The molecule has 0 aliphatic carbocycles. The molecule has 0 unspecified atom stereocenters. The van der Waals surface area contributed by atoms with Crippen molar-refractivity contribution in [3.8, 4) is 0 Å². The zero-order valence-electron chi connectivity index (χ0n) is 13.2. The van der Waals surface area contributed by atoms with E-state index < -0.39 is 5.97 Å². The fourth-order valence-electron chi connectivity index (χ4n) is 2.07. The summed E-state index contributed by atoms with van der Waals surface area (Å²) in [6, 6.07) is 0. The molecule has 1 N–H and O–H groups in total. The van der Waals surface area contributed by atoms with Gasteiger partial charge in [-0.25, -0.2) is 0 Å². The van der Waals surface area contributed by atoms with E-state index in [0.717, 1.165) is 32.1 Å². The average Bonchev–Trinajstić information content (AvgIpc) is 2.43. The second-order valence-electron chi connectivity index (χ2n) is 5.36. The highest BCUT2D eigenvalue weighted by Crippen LogP contribution is 2.06. The molecular weight excluding hydrogens is 248 g/mol. The number of carboxylic acids is 1. The normalized spacial score (nSPS) is 11.7. The molecule has 2 nitrogen and oxygen atoms in total. The number of allylic oxidation sites excluding steroid dienone is 4. The quantitative estimate of drug-likeness (QED) is 0.318. The summed E-state index contributed by atoms with van der Waals surface area (Å²) in [5.41, 5.74) is 0. The van der Waals surface area contributed by atoms with Crippen molar-refractivity contribution in [1.29, 1.82) is 0 Å². The largest absolute Gasteiger partial charge is 0.481 e. The number of carbonyl (C=O) groups is 1. The molecule has 0 rings (SSSR count). The summed E-state index contributed by atoms with van der Waals surface area (Å²) in [5, 5.41) is 8.49. The standard InChI is InChI=1S/C18H32O2/c1-2-3-4-5-6-7-8-9-10-11-12-13-14-15-16-17-18(19)20/h8-9,12-13H,2-7,10-11,14-17H2,1H3,(H,19,20). The van der Waals surface area contributed by atoms with Gasteiger partial charge in [0.15, 0.2) is 0 Å². The van der Waals surface area contributed by atoms with Gasteiger partial charge >= 0.3 is 5.97 Å². The van der Waals surface area contributed by atoms with Gasteiger partial charge in [0, 0.05) is 6.42 Å². The lowest BCUT2D eigenvalue weighted by Crippen LogP contribution is -1.92. The van der Waals surface area contributed by atoms with Crippen LogP contribution in [-0.2, 0) is 4.79 Å². The summed E-state index contributed by atoms with van der Waals surface area (Å²) in [7, 11) is 0. The molecule has 20 heavy (non-hydrogen) atoms. The molecule has 0 amide bonds. The van der Waals surface area contributed by atoms with Crippen LogP contribution >= 0.6 is 0 Å². The van der Waals surface area contributed by atoms with Crippen molar-refractivity contribution in [3.63, 3.8) is 0 Å². The van der Waals surface area contributed by atoms with Crippen molar-refractivity contribution < 1.29 is 9.90 Å². The van der Waals surface area contributed by atoms with E-state index in [1.807, 2.05) is 0 Å². The molecule has 0 radical (unpaired) electrons. The van der Waals surface area contributed by atoms with Crippen LogP contribution in [0.2, 0.25) is 0 Å². The van der Waals surface area contributed by atoms with E-state index in [4.69, 9.17) is 5.11 Å². The third kappa shape index (κ3) is 16.9. The summed E-state index contributed by atoms with van der Waals surface area (Å²) < 4.78 is 0. The van der Waals surface area contributed by atoms with E-state index in [-0.39, 0.29) is 0 Å². The highest BCUT2D eigenvalue weighted by Gasteiger charge is 1.94. The molecule has 116 valence electrons. The predicted molar refractivity (Wildman–Crippen MR) is 87.0 cm³/mol. The fourth-order valence-corrected chi connectivity index (χ4v) is 2.07. The number of carboxylic acid groups (broad SMARTS) is 1. The van der Waals surface area contributed by atoms with Gasteiger partial charge in [0.1, 0.15) is 0 Å². The van der Waals surface area contributed by atoms with Crippen molar-refractivity contribution in [2.24, 2.45) is 0 Å². The minimum absolute atomic E-state index is 0.300. The number of hydrogen-bond donors (Lipinski definition) is 1. The van der Waals surface area contributed by atoms with Crippen LogP contribution in [0.5, 0.6) is 0 Å². The van der Waals surface area contributed by atoms with Crippen LogP contribution in [0.25, 0.3) is 0 Å². The Kier molecular flexibility index (Phi) is 15.2. The van der Waals surface area contributed by atoms with Gasteiger partial charge in [-0.3, -0.25) is 4.79 Å². The molecule has 0 aromatic rings. The highest BCUT2D eigenvalue weighted by molar-refractivity contribution is 5.66. The highest BCUT2D eigenvalue weighted by atomic mass is 16.4. The van der Waals surface area contributed by atoms with Crippen LogP contribution in [0, 0.1) is 0 Å². The van der Waals surface area contributed by atoms with Crippen LogP contribution < -0.4 is 0 Å². The van der Waals surface area contributed by atoms with E-state index >= 15 is 0 Å². The second kappa shape index (κ2) is 16.0. The lowest BCUT2D eigenvalue weighted by molar-refractivity contribution is -0.137. The Hall–Kier alpha value is -1.05. The van der Waals surface area contributed by atoms with Gasteiger partial charge in [0.2, 0.25) is 0 Å². The minimum atomic E-state index is -0.686. The minimum Gasteiger partial charge on any atom is -0.481 e. The first-order valence-corrected chi connectivity index (χ1v) is 8.29. The summed E-state index contributed by atoms with van der Waals surface area (Å²) >= 11 is 0. The van der Waals surface area contributed by atoms with E-state index in [1.54, 1.807) is 0 Å². The predicted octanol–water partition coefficient (Wildman–Crippen LogP) is 5.88. The van der Waals surface area contributed by atoms with Gasteiger partial charge in [0.25, 0.3) is 0 Å². The topological polar surface area (TPSA) is 37.3 Å². The molecule has 0 aromatic heterocycles. The SMILES string of the molecule is CCCCCCCC=CCCC=CCCCCC(=O)O. The van der Waals surface area contributed by atoms with Crippen molar-refractivity contribution in [2.75, 3.05) is 0 Å². The van der Waals surface area contributed by atoms with Gasteiger partial charge < -0.3 is 5.11 Å². The first kappa shape index (κ1) is 18.9. The Balaban J connectivity index is 3.19. The van der Waals surface area contributed by atoms with Gasteiger partial charge in [-0.1, -0.05) is 56.9 Å². The maximum Gasteiger partial charge on any atom is 0.303 e. The monoisotopic (exact) mass is 280 g/mol. The van der Waals surface area contributed by atoms with Crippen LogP contribution in [-0.4, -0.2) is 11.1 Å². The average molecular weight is 280 g/mol. The van der Waals surface area contributed by atoms with E-state index in [0.29, 0.717) is 6.42 Å². The smallest absolute Gasteiger partial charge is 0.303 e. The Morgan fingerprint density at radius 2 is 1.25 bits per heavy atom. The Morgan fingerprint density at radius 3 is 1.80 bits per heavy atom. The number of unbranched alkanes of at least 4 members (excludes halogenated alkanes) is 8. The van der Waals surface area contributed by atoms with E-state index in [2.05, 4.69) is 31.2 Å². The number of aliphatic carboxylic acids is 1. The first-order valence-electron chi connectivity index (χ1n) is 8.29. The van der Waals surface area contributed by atoms with E-state index in [1.165, 1.54) is 38.5 Å². The molecule has 0 heterocycles. The summed E-state index contributed by atoms with van der Waals surface area (Å²) in [6.07, 6.45) is 22.3. The molecule has 2 heteroatoms.